The van der Waals surface area contributed by atoms with Gasteiger partial charge in [-0.3, -0.25) is 0 Å². The summed E-state index contributed by atoms with van der Waals surface area (Å²) in [6.07, 6.45) is 0.845. The van der Waals surface area contributed by atoms with Gasteiger partial charge in [-0.1, -0.05) is 22.9 Å². The Balaban J connectivity index is 1.99. The Kier molecular flexibility index (Phi) is 6.38. The Labute approximate surface area is 133 Å². The molecule has 1 aromatic heterocycles. The topological polar surface area (TPSA) is 56.3 Å². The zero-order valence-corrected chi connectivity index (χ0v) is 13.6. The molecule has 1 heterocycles. The molecule has 1 aromatic carbocycles. The normalized spacial score (nSPS) is 10.8. The molecule has 2 aromatic rings. The molecule has 0 fully saturated rings. The number of hydrogen-bond acceptors (Lipinski definition) is 6. The van der Waals surface area contributed by atoms with Crippen LogP contribution in [-0.2, 0) is 11.2 Å². The van der Waals surface area contributed by atoms with Gasteiger partial charge < -0.3 is 14.8 Å². The molecule has 0 atom stereocenters. The third kappa shape index (κ3) is 4.64. The number of ether oxygens (including phenoxy) is 2. The van der Waals surface area contributed by atoms with Crippen LogP contribution in [-0.4, -0.2) is 44.1 Å². The molecule has 0 saturated heterocycles. The van der Waals surface area contributed by atoms with Crippen LogP contribution in [0, 0.1) is 0 Å². The zero-order chi connectivity index (χ0) is 15.1. The summed E-state index contributed by atoms with van der Waals surface area (Å²) in [6, 6.07) is 5.51. The van der Waals surface area contributed by atoms with Gasteiger partial charge in [0.2, 0.25) is 0 Å². The summed E-state index contributed by atoms with van der Waals surface area (Å²) in [6.45, 7) is 2.41. The van der Waals surface area contributed by atoms with Crippen LogP contribution in [0.5, 0.6) is 5.75 Å². The van der Waals surface area contributed by atoms with E-state index in [9.17, 15) is 0 Å². The number of nitrogens with zero attached hydrogens (tertiary/aromatic N) is 2. The van der Waals surface area contributed by atoms with Gasteiger partial charge in [0.05, 0.1) is 19.3 Å². The van der Waals surface area contributed by atoms with Crippen molar-refractivity contribution in [3.63, 3.8) is 0 Å². The summed E-state index contributed by atoms with van der Waals surface area (Å²) >= 11 is 7.54. The highest BCUT2D eigenvalue weighted by Gasteiger charge is 2.12. The summed E-state index contributed by atoms with van der Waals surface area (Å²) in [5.41, 5.74) is 0.915. The number of nitrogens with one attached hydrogen (secondary N) is 1. The fourth-order valence-corrected chi connectivity index (χ4v) is 2.83. The summed E-state index contributed by atoms with van der Waals surface area (Å²) in [5, 5.41) is 14.2. The second kappa shape index (κ2) is 8.29. The highest BCUT2D eigenvalue weighted by Crippen LogP contribution is 2.34. The van der Waals surface area contributed by atoms with Crippen molar-refractivity contribution in [1.82, 2.24) is 15.5 Å². The second-order valence-corrected chi connectivity index (χ2v) is 5.84. The van der Waals surface area contributed by atoms with Crippen LogP contribution >= 0.6 is 22.9 Å². The molecule has 0 aliphatic heterocycles. The maximum Gasteiger partial charge on any atom is 0.151 e. The lowest BCUT2D eigenvalue weighted by molar-refractivity contribution is 0.199. The number of aromatic nitrogens is 2. The minimum absolute atomic E-state index is 0.641. The zero-order valence-electron chi connectivity index (χ0n) is 12.1. The van der Waals surface area contributed by atoms with Gasteiger partial charge in [-0.2, -0.15) is 0 Å². The van der Waals surface area contributed by atoms with Crippen molar-refractivity contribution < 1.29 is 9.47 Å². The Hall–Kier alpha value is -1.21. The smallest absolute Gasteiger partial charge is 0.151 e. The van der Waals surface area contributed by atoms with Crippen LogP contribution in [0.3, 0.4) is 0 Å². The molecule has 0 radical (unpaired) electrons. The lowest BCUT2D eigenvalue weighted by Crippen LogP contribution is -2.21. The van der Waals surface area contributed by atoms with E-state index in [1.54, 1.807) is 31.6 Å². The molecule has 7 heteroatoms. The van der Waals surface area contributed by atoms with E-state index in [-0.39, 0.29) is 0 Å². The molecule has 0 aliphatic carbocycles. The van der Waals surface area contributed by atoms with Gasteiger partial charge in [-0.25, -0.2) is 0 Å². The van der Waals surface area contributed by atoms with Gasteiger partial charge in [0.25, 0.3) is 0 Å². The molecule has 21 heavy (non-hydrogen) atoms. The van der Waals surface area contributed by atoms with Gasteiger partial charge in [0.15, 0.2) is 5.01 Å². The van der Waals surface area contributed by atoms with Gasteiger partial charge in [0.1, 0.15) is 10.8 Å². The highest BCUT2D eigenvalue weighted by molar-refractivity contribution is 7.14. The van der Waals surface area contributed by atoms with E-state index >= 15 is 0 Å². The summed E-state index contributed by atoms with van der Waals surface area (Å²) < 4.78 is 10.3. The number of hydrogen-bond donors (Lipinski definition) is 1. The summed E-state index contributed by atoms with van der Waals surface area (Å²) in [7, 11) is 3.31. The molecule has 0 saturated carbocycles. The Morgan fingerprint density at radius 3 is 2.86 bits per heavy atom. The highest BCUT2D eigenvalue weighted by atomic mass is 35.5. The largest absolute Gasteiger partial charge is 0.496 e. The van der Waals surface area contributed by atoms with Gasteiger partial charge >= 0.3 is 0 Å². The first kappa shape index (κ1) is 16.2. The Bertz CT molecular complexity index is 577. The first-order chi connectivity index (χ1) is 10.2. The molecular weight excluding hydrogens is 310 g/mol. The van der Waals surface area contributed by atoms with Crippen molar-refractivity contribution in [2.45, 2.75) is 6.42 Å². The van der Waals surface area contributed by atoms with Gasteiger partial charge in [0, 0.05) is 31.6 Å². The predicted octanol–water partition coefficient (Wildman–Crippen LogP) is 2.65. The molecule has 0 aliphatic rings. The van der Waals surface area contributed by atoms with E-state index in [4.69, 9.17) is 21.1 Å². The van der Waals surface area contributed by atoms with E-state index in [0.29, 0.717) is 17.4 Å². The molecule has 5 nitrogen and oxygen atoms in total. The molecule has 0 bridgehead atoms. The van der Waals surface area contributed by atoms with Gasteiger partial charge in [-0.15, -0.1) is 10.2 Å². The van der Waals surface area contributed by atoms with E-state index in [2.05, 4.69) is 15.5 Å². The summed E-state index contributed by atoms with van der Waals surface area (Å²) in [5.74, 6) is 0.711. The van der Waals surface area contributed by atoms with Crippen LogP contribution in [0.1, 0.15) is 5.01 Å². The van der Waals surface area contributed by atoms with Crippen LogP contribution in [0.15, 0.2) is 18.2 Å². The number of halogens is 1. The molecule has 1 N–H and O–H groups in total. The third-order valence-electron chi connectivity index (χ3n) is 2.86. The molecule has 114 valence electrons. The minimum Gasteiger partial charge on any atom is -0.496 e. The fraction of sp³-hybridized carbons (Fsp3) is 0.429. The molecule has 0 spiro atoms. The maximum atomic E-state index is 5.97. The van der Waals surface area contributed by atoms with Crippen molar-refractivity contribution in [3.05, 3.63) is 28.2 Å². The quantitative estimate of drug-likeness (QED) is 0.755. The average Bonchev–Trinajstić information content (AvgIpc) is 2.95. The van der Waals surface area contributed by atoms with Crippen molar-refractivity contribution in [1.29, 1.82) is 0 Å². The fourth-order valence-electron chi connectivity index (χ4n) is 1.80. The SMILES string of the molecule is COCCNCCc1nnc(-c2ccc(Cl)cc2OC)s1. The monoisotopic (exact) mass is 327 g/mol. The van der Waals surface area contributed by atoms with E-state index in [0.717, 1.165) is 35.1 Å². The van der Waals surface area contributed by atoms with Crippen molar-refractivity contribution >= 4 is 22.9 Å². The first-order valence-corrected chi connectivity index (χ1v) is 7.80. The van der Waals surface area contributed by atoms with Crippen LogP contribution in [0.4, 0.5) is 0 Å². The number of rotatable bonds is 8. The lowest BCUT2D eigenvalue weighted by atomic mass is 10.2. The number of benzene rings is 1. The molecule has 0 unspecified atom stereocenters. The third-order valence-corrected chi connectivity index (χ3v) is 4.11. The van der Waals surface area contributed by atoms with E-state index in [1.165, 1.54) is 0 Å². The standard InChI is InChI=1S/C14H18ClN3O2S/c1-19-8-7-16-6-5-13-17-18-14(21-13)11-4-3-10(15)9-12(11)20-2/h3-4,9,16H,5-8H2,1-2H3. The second-order valence-electron chi connectivity index (χ2n) is 4.34. The van der Waals surface area contributed by atoms with Crippen molar-refractivity contribution in [3.8, 4) is 16.3 Å². The van der Waals surface area contributed by atoms with Crippen LogP contribution < -0.4 is 10.1 Å². The summed E-state index contributed by atoms with van der Waals surface area (Å²) in [4.78, 5) is 0. The van der Waals surface area contributed by atoms with Gasteiger partial charge in [-0.05, 0) is 18.2 Å². The number of methoxy groups -OCH3 is 2. The van der Waals surface area contributed by atoms with Crippen LogP contribution in [0.25, 0.3) is 10.6 Å². The molecule has 2 rings (SSSR count). The molecular formula is C14H18ClN3O2S. The first-order valence-electron chi connectivity index (χ1n) is 6.60. The molecule has 0 amide bonds. The van der Waals surface area contributed by atoms with Crippen molar-refractivity contribution in [2.75, 3.05) is 33.9 Å². The minimum atomic E-state index is 0.641. The average molecular weight is 328 g/mol. The van der Waals surface area contributed by atoms with E-state index in [1.807, 2.05) is 12.1 Å². The Morgan fingerprint density at radius 1 is 1.24 bits per heavy atom. The Morgan fingerprint density at radius 2 is 2.10 bits per heavy atom. The maximum absolute atomic E-state index is 5.97. The van der Waals surface area contributed by atoms with E-state index < -0.39 is 0 Å². The predicted molar refractivity (Wildman–Crippen MR) is 85.4 cm³/mol. The van der Waals surface area contributed by atoms with Crippen molar-refractivity contribution in [2.24, 2.45) is 0 Å². The lowest BCUT2D eigenvalue weighted by Gasteiger charge is -2.05. The van der Waals surface area contributed by atoms with Crippen LogP contribution in [0.2, 0.25) is 5.02 Å².